The molecule has 1 aromatic rings. The zero-order chi connectivity index (χ0) is 8.97. The van der Waals surface area contributed by atoms with Crippen LogP contribution >= 0.6 is 0 Å². The van der Waals surface area contributed by atoms with Crippen molar-refractivity contribution in [1.29, 1.82) is 0 Å². The second-order valence-corrected chi connectivity index (χ2v) is 2.75. The highest BCUT2D eigenvalue weighted by Crippen LogP contribution is 2.17. The third-order valence-corrected chi connectivity index (χ3v) is 1.97. The van der Waals surface area contributed by atoms with Crippen molar-refractivity contribution in [3.05, 3.63) is 42.0 Å². The van der Waals surface area contributed by atoms with Crippen LogP contribution in [-0.4, -0.2) is 7.11 Å². The largest absolute Gasteiger partial charge is 0.377 e. The van der Waals surface area contributed by atoms with E-state index in [1.165, 1.54) is 5.56 Å². The van der Waals surface area contributed by atoms with Crippen LogP contribution in [0.3, 0.4) is 0 Å². The smallest absolute Gasteiger partial charge is 0.0793 e. The molecule has 0 fully saturated rings. The maximum Gasteiger partial charge on any atom is 0.0793 e. The predicted molar refractivity (Wildman–Crippen MR) is 52.0 cm³/mol. The molecule has 0 aliphatic rings. The van der Waals surface area contributed by atoms with Crippen LogP contribution in [0.15, 0.2) is 30.8 Å². The van der Waals surface area contributed by atoms with E-state index in [0.29, 0.717) is 0 Å². The van der Waals surface area contributed by atoms with Crippen LogP contribution in [0.5, 0.6) is 0 Å². The van der Waals surface area contributed by atoms with Gasteiger partial charge in [0.1, 0.15) is 0 Å². The van der Waals surface area contributed by atoms with Gasteiger partial charge in [0.05, 0.1) is 6.10 Å². The van der Waals surface area contributed by atoms with Crippen LogP contribution in [0.4, 0.5) is 0 Å². The Hall–Kier alpha value is -1.08. The van der Waals surface area contributed by atoms with Crippen molar-refractivity contribution in [3.8, 4) is 0 Å². The van der Waals surface area contributed by atoms with Gasteiger partial charge in [-0.05, 0) is 24.1 Å². The molecule has 12 heavy (non-hydrogen) atoms. The highest BCUT2D eigenvalue weighted by atomic mass is 16.5. The number of hydrogen-bond donors (Lipinski definition) is 0. The monoisotopic (exact) mass is 162 g/mol. The number of benzene rings is 1. The summed E-state index contributed by atoms with van der Waals surface area (Å²) in [5, 5.41) is 0. The average molecular weight is 162 g/mol. The zero-order valence-corrected chi connectivity index (χ0v) is 7.58. The van der Waals surface area contributed by atoms with Crippen molar-refractivity contribution >= 4 is 6.08 Å². The molecule has 1 nitrogen and oxygen atoms in total. The number of hydrogen-bond acceptors (Lipinski definition) is 1. The van der Waals surface area contributed by atoms with Crippen LogP contribution in [0, 0.1) is 0 Å². The Morgan fingerprint density at radius 1 is 1.50 bits per heavy atom. The summed E-state index contributed by atoms with van der Waals surface area (Å²) in [4.78, 5) is 0. The quantitative estimate of drug-likeness (QED) is 0.663. The lowest BCUT2D eigenvalue weighted by Crippen LogP contribution is -1.95. The van der Waals surface area contributed by atoms with Gasteiger partial charge >= 0.3 is 0 Å². The van der Waals surface area contributed by atoms with Crippen molar-refractivity contribution in [3.63, 3.8) is 0 Å². The first kappa shape index (κ1) is 9.01. The zero-order valence-electron chi connectivity index (χ0n) is 7.58. The first-order valence-electron chi connectivity index (χ1n) is 4.03. The van der Waals surface area contributed by atoms with E-state index in [4.69, 9.17) is 4.74 Å². The summed E-state index contributed by atoms with van der Waals surface area (Å²) in [6.07, 6.45) is 2.00. The topological polar surface area (TPSA) is 9.23 Å². The van der Waals surface area contributed by atoms with Crippen molar-refractivity contribution in [2.45, 2.75) is 13.0 Å². The predicted octanol–water partition coefficient (Wildman–Crippen LogP) is 3.04. The molecule has 0 aliphatic heterocycles. The summed E-state index contributed by atoms with van der Waals surface area (Å²) in [6, 6.07) is 8.18. The number of rotatable bonds is 3. The highest BCUT2D eigenvalue weighted by molar-refractivity contribution is 5.48. The maximum atomic E-state index is 5.20. The molecule has 1 atom stereocenters. The van der Waals surface area contributed by atoms with Gasteiger partial charge in [0.15, 0.2) is 0 Å². The fourth-order valence-corrected chi connectivity index (χ4v) is 1.07. The summed E-state index contributed by atoms with van der Waals surface area (Å²) >= 11 is 0. The van der Waals surface area contributed by atoms with E-state index in [9.17, 15) is 0 Å². The minimum absolute atomic E-state index is 0.157. The second-order valence-electron chi connectivity index (χ2n) is 2.75. The molecule has 0 amide bonds. The van der Waals surface area contributed by atoms with Crippen molar-refractivity contribution in [1.82, 2.24) is 0 Å². The molecule has 0 bridgehead atoms. The lowest BCUT2D eigenvalue weighted by atomic mass is 10.1. The fraction of sp³-hybridized carbons (Fsp3) is 0.273. The highest BCUT2D eigenvalue weighted by Gasteiger charge is 2.01. The van der Waals surface area contributed by atoms with E-state index < -0.39 is 0 Å². The summed E-state index contributed by atoms with van der Waals surface area (Å²) < 4.78 is 5.20. The van der Waals surface area contributed by atoms with Crippen LogP contribution in [0.1, 0.15) is 24.2 Å². The normalized spacial score (nSPS) is 12.5. The van der Waals surface area contributed by atoms with Gasteiger partial charge < -0.3 is 4.74 Å². The Labute approximate surface area is 73.7 Å². The molecule has 64 valence electrons. The van der Waals surface area contributed by atoms with E-state index in [0.717, 1.165) is 5.56 Å². The molecule has 0 saturated heterocycles. The minimum atomic E-state index is 0.157. The molecule has 0 saturated carbocycles. The Kier molecular flexibility index (Phi) is 3.06. The van der Waals surface area contributed by atoms with Crippen molar-refractivity contribution in [2.24, 2.45) is 0 Å². The minimum Gasteiger partial charge on any atom is -0.377 e. The molecule has 1 aromatic carbocycles. The maximum absolute atomic E-state index is 5.20. The molecular weight excluding hydrogens is 148 g/mol. The van der Waals surface area contributed by atoms with Crippen LogP contribution < -0.4 is 0 Å². The lowest BCUT2D eigenvalue weighted by molar-refractivity contribution is 0.119. The summed E-state index contributed by atoms with van der Waals surface area (Å²) in [6.45, 7) is 5.75. The van der Waals surface area contributed by atoms with Gasteiger partial charge in [-0.15, -0.1) is 0 Å². The van der Waals surface area contributed by atoms with Crippen molar-refractivity contribution < 1.29 is 4.74 Å². The molecule has 0 heterocycles. The molecule has 1 rings (SSSR count). The molecule has 1 unspecified atom stereocenters. The van der Waals surface area contributed by atoms with Crippen molar-refractivity contribution in [2.75, 3.05) is 7.11 Å². The van der Waals surface area contributed by atoms with E-state index in [-0.39, 0.29) is 6.10 Å². The first-order chi connectivity index (χ1) is 5.77. The van der Waals surface area contributed by atoms with Gasteiger partial charge in [0, 0.05) is 7.11 Å². The van der Waals surface area contributed by atoms with E-state index >= 15 is 0 Å². The first-order valence-corrected chi connectivity index (χ1v) is 4.03. The van der Waals surface area contributed by atoms with Crippen LogP contribution in [0.25, 0.3) is 6.08 Å². The lowest BCUT2D eigenvalue weighted by Gasteiger charge is -2.09. The molecule has 0 aromatic heterocycles. The number of ether oxygens (including phenoxy) is 1. The summed E-state index contributed by atoms with van der Waals surface area (Å²) in [5.41, 5.74) is 2.33. The average Bonchev–Trinajstić information content (AvgIpc) is 2.17. The van der Waals surface area contributed by atoms with Gasteiger partial charge in [-0.1, -0.05) is 30.9 Å². The Morgan fingerprint density at radius 2 is 2.25 bits per heavy atom. The Balaban J connectivity index is 2.93. The fourth-order valence-electron chi connectivity index (χ4n) is 1.07. The van der Waals surface area contributed by atoms with Gasteiger partial charge in [-0.3, -0.25) is 0 Å². The molecule has 1 heteroatoms. The van der Waals surface area contributed by atoms with Gasteiger partial charge in [-0.2, -0.15) is 0 Å². The van der Waals surface area contributed by atoms with E-state index in [1.54, 1.807) is 7.11 Å². The number of methoxy groups -OCH3 is 1. The summed E-state index contributed by atoms with van der Waals surface area (Å²) in [5.74, 6) is 0. The van der Waals surface area contributed by atoms with Crippen LogP contribution in [0.2, 0.25) is 0 Å². The molecular formula is C11H14O. The second kappa shape index (κ2) is 4.07. The van der Waals surface area contributed by atoms with E-state index in [1.807, 2.05) is 25.1 Å². The third kappa shape index (κ3) is 1.95. The third-order valence-electron chi connectivity index (χ3n) is 1.97. The van der Waals surface area contributed by atoms with Gasteiger partial charge in [0.25, 0.3) is 0 Å². The standard InChI is InChI=1S/C11H14O/c1-4-10-6-5-7-11(8-10)9(2)12-3/h4-9H,1H2,2-3H3. The van der Waals surface area contributed by atoms with Gasteiger partial charge in [-0.25, -0.2) is 0 Å². The molecule has 0 spiro atoms. The van der Waals surface area contributed by atoms with Gasteiger partial charge in [0.2, 0.25) is 0 Å². The Bertz CT molecular complexity index is 265. The molecule has 0 N–H and O–H groups in total. The van der Waals surface area contributed by atoms with E-state index in [2.05, 4.69) is 18.7 Å². The molecule has 0 aliphatic carbocycles. The Morgan fingerprint density at radius 3 is 2.83 bits per heavy atom. The molecule has 0 radical (unpaired) electrons. The summed E-state index contributed by atoms with van der Waals surface area (Å²) in [7, 11) is 1.71. The SMILES string of the molecule is C=Cc1cccc(C(C)OC)c1. The van der Waals surface area contributed by atoms with Crippen LogP contribution in [-0.2, 0) is 4.74 Å².